The fourth-order valence-corrected chi connectivity index (χ4v) is 3.37. The van der Waals surface area contributed by atoms with Crippen LogP contribution in [0.2, 0.25) is 5.02 Å². The first kappa shape index (κ1) is 19.9. The molecule has 0 atom stereocenters. The summed E-state index contributed by atoms with van der Waals surface area (Å²) in [6, 6.07) is 7.57. The Bertz CT molecular complexity index is 593. The summed E-state index contributed by atoms with van der Waals surface area (Å²) in [5, 5.41) is 0.703. The molecule has 0 unspecified atom stereocenters. The highest BCUT2D eigenvalue weighted by Crippen LogP contribution is 2.21. The van der Waals surface area contributed by atoms with Crippen molar-refractivity contribution >= 4 is 35.5 Å². The Labute approximate surface area is 158 Å². The van der Waals surface area contributed by atoms with Crippen molar-refractivity contribution in [2.45, 2.75) is 45.0 Å². The molecule has 2 amide bonds. The molecule has 1 heterocycles. The summed E-state index contributed by atoms with van der Waals surface area (Å²) in [4.78, 5) is 26.0. The molecule has 0 aromatic heterocycles. The molecule has 1 N–H and O–H groups in total. The van der Waals surface area contributed by atoms with Crippen molar-refractivity contribution in [3.63, 3.8) is 0 Å². The number of carbonyl (C=O) groups is 2. The maximum atomic E-state index is 12.3. The number of hydrogen-bond acceptors (Lipinski definition) is 4. The maximum Gasteiger partial charge on any atom is 0.410 e. The van der Waals surface area contributed by atoms with Gasteiger partial charge in [0.2, 0.25) is 5.91 Å². The molecule has 1 aliphatic rings. The van der Waals surface area contributed by atoms with E-state index in [1.54, 1.807) is 4.90 Å². The van der Waals surface area contributed by atoms with Crippen LogP contribution < -0.4 is 4.72 Å². The van der Waals surface area contributed by atoms with Gasteiger partial charge >= 0.3 is 6.09 Å². The lowest BCUT2D eigenvalue weighted by Crippen LogP contribution is -2.44. The van der Waals surface area contributed by atoms with Crippen LogP contribution in [0, 0.1) is 5.92 Å². The van der Waals surface area contributed by atoms with Crippen LogP contribution in [0.25, 0.3) is 0 Å². The molecule has 0 spiro atoms. The number of hydrogen-bond donors (Lipinski definition) is 1. The van der Waals surface area contributed by atoms with Gasteiger partial charge in [0.15, 0.2) is 0 Å². The van der Waals surface area contributed by atoms with Crippen LogP contribution in [-0.4, -0.2) is 35.6 Å². The largest absolute Gasteiger partial charge is 0.444 e. The lowest BCUT2D eigenvalue weighted by molar-refractivity contribution is -0.124. The fraction of sp³-hybridized carbons (Fsp3) is 0.556. The van der Waals surface area contributed by atoms with Crippen LogP contribution in [0.4, 0.5) is 4.79 Å². The van der Waals surface area contributed by atoms with Crippen LogP contribution in [0.1, 0.15) is 39.2 Å². The van der Waals surface area contributed by atoms with Gasteiger partial charge < -0.3 is 9.64 Å². The van der Waals surface area contributed by atoms with E-state index in [2.05, 4.69) is 4.72 Å². The minimum Gasteiger partial charge on any atom is -0.444 e. The molecule has 25 heavy (non-hydrogen) atoms. The smallest absolute Gasteiger partial charge is 0.410 e. The predicted molar refractivity (Wildman–Crippen MR) is 101 cm³/mol. The van der Waals surface area contributed by atoms with E-state index in [4.69, 9.17) is 16.3 Å². The summed E-state index contributed by atoms with van der Waals surface area (Å²) in [6.07, 6.45) is 1.02. The molecule has 1 aromatic rings. The molecule has 1 saturated heterocycles. The van der Waals surface area contributed by atoms with E-state index in [9.17, 15) is 9.59 Å². The van der Waals surface area contributed by atoms with E-state index in [0.29, 0.717) is 36.7 Å². The highest BCUT2D eigenvalue weighted by molar-refractivity contribution is 7.97. The van der Waals surface area contributed by atoms with E-state index >= 15 is 0 Å². The topological polar surface area (TPSA) is 58.6 Å². The molecule has 0 aliphatic carbocycles. The SMILES string of the molecule is CC(C)(C)OC(=O)N1CCC(C(=O)NSCc2ccc(Cl)cc2)CC1. The number of ether oxygens (including phenoxy) is 1. The molecule has 2 rings (SSSR count). The van der Waals surface area contributed by atoms with E-state index in [1.165, 1.54) is 11.9 Å². The highest BCUT2D eigenvalue weighted by Gasteiger charge is 2.29. The minimum atomic E-state index is -0.496. The first-order valence-corrected chi connectivity index (χ1v) is 9.75. The van der Waals surface area contributed by atoms with Crippen molar-refractivity contribution in [1.82, 2.24) is 9.62 Å². The van der Waals surface area contributed by atoms with Crippen LogP contribution >= 0.6 is 23.5 Å². The first-order valence-electron chi connectivity index (χ1n) is 8.38. The molecule has 0 saturated carbocycles. The van der Waals surface area contributed by atoms with Crippen LogP contribution in [-0.2, 0) is 15.3 Å². The number of amides is 2. The first-order chi connectivity index (χ1) is 11.7. The Morgan fingerprint density at radius 2 is 1.84 bits per heavy atom. The number of nitrogens with zero attached hydrogens (tertiary/aromatic N) is 1. The van der Waals surface area contributed by atoms with E-state index in [-0.39, 0.29) is 17.9 Å². The Balaban J connectivity index is 1.70. The molecule has 7 heteroatoms. The van der Waals surface area contributed by atoms with Gasteiger partial charge in [0.05, 0.1) is 0 Å². The second kappa shape index (κ2) is 8.81. The monoisotopic (exact) mass is 384 g/mol. The summed E-state index contributed by atoms with van der Waals surface area (Å²) in [5.41, 5.74) is 0.610. The number of benzene rings is 1. The molecule has 5 nitrogen and oxygen atoms in total. The average molecular weight is 385 g/mol. The molecular weight excluding hydrogens is 360 g/mol. The highest BCUT2D eigenvalue weighted by atomic mass is 35.5. The number of halogens is 1. The van der Waals surface area contributed by atoms with Crippen molar-refractivity contribution in [1.29, 1.82) is 0 Å². The van der Waals surface area contributed by atoms with Gasteiger partial charge in [-0.3, -0.25) is 9.52 Å². The predicted octanol–water partition coefficient (Wildman–Crippen LogP) is 4.25. The number of carbonyl (C=O) groups excluding carboxylic acids is 2. The maximum absolute atomic E-state index is 12.3. The Morgan fingerprint density at radius 1 is 1.24 bits per heavy atom. The van der Waals surface area contributed by atoms with E-state index in [0.717, 1.165) is 5.56 Å². The standard InChI is InChI=1S/C18H25ClN2O3S/c1-18(2,3)24-17(23)21-10-8-14(9-11-21)16(22)20-25-12-13-4-6-15(19)7-5-13/h4-7,14H,8-12H2,1-3H3,(H,20,22). The van der Waals surface area contributed by atoms with Gasteiger partial charge in [-0.05, 0) is 63.3 Å². The van der Waals surface area contributed by atoms with Gasteiger partial charge in [-0.2, -0.15) is 0 Å². The molecule has 0 radical (unpaired) electrons. The lowest BCUT2D eigenvalue weighted by Gasteiger charge is -2.32. The third-order valence-electron chi connectivity index (χ3n) is 3.84. The second-order valence-corrected chi connectivity index (χ2v) is 8.34. The number of piperidine rings is 1. The van der Waals surface area contributed by atoms with Gasteiger partial charge in [0.25, 0.3) is 0 Å². The third-order valence-corrected chi connectivity index (χ3v) is 4.92. The normalized spacial score (nSPS) is 15.8. The zero-order valence-corrected chi connectivity index (χ0v) is 16.5. The van der Waals surface area contributed by atoms with Crippen molar-refractivity contribution < 1.29 is 14.3 Å². The summed E-state index contributed by atoms with van der Waals surface area (Å²) in [6.45, 7) is 6.65. The summed E-state index contributed by atoms with van der Waals surface area (Å²) in [7, 11) is 0. The summed E-state index contributed by atoms with van der Waals surface area (Å²) in [5.74, 6) is 0.666. The van der Waals surface area contributed by atoms with Crippen molar-refractivity contribution in [3.8, 4) is 0 Å². The minimum absolute atomic E-state index is 0.0304. The fourth-order valence-electron chi connectivity index (χ4n) is 2.51. The van der Waals surface area contributed by atoms with Gasteiger partial charge in [-0.25, -0.2) is 4.79 Å². The molecule has 1 aliphatic heterocycles. The average Bonchev–Trinajstić information content (AvgIpc) is 2.55. The third kappa shape index (κ3) is 6.78. The molecule has 0 bridgehead atoms. The second-order valence-electron chi connectivity index (χ2n) is 7.12. The molecule has 1 aromatic carbocycles. The Hall–Kier alpha value is -1.40. The van der Waals surface area contributed by atoms with Crippen molar-refractivity contribution in [2.24, 2.45) is 5.92 Å². The van der Waals surface area contributed by atoms with Crippen LogP contribution in [0.5, 0.6) is 0 Å². The van der Waals surface area contributed by atoms with Crippen LogP contribution in [0.15, 0.2) is 24.3 Å². The van der Waals surface area contributed by atoms with Gasteiger partial charge in [-0.15, -0.1) is 0 Å². The Kier molecular flexibility index (Phi) is 7.02. The molecule has 1 fully saturated rings. The lowest BCUT2D eigenvalue weighted by atomic mass is 9.97. The van der Waals surface area contributed by atoms with Crippen molar-refractivity contribution in [2.75, 3.05) is 13.1 Å². The van der Waals surface area contributed by atoms with Gasteiger partial charge in [0.1, 0.15) is 5.60 Å². The quantitative estimate of drug-likeness (QED) is 0.788. The summed E-state index contributed by atoms with van der Waals surface area (Å²) < 4.78 is 8.28. The van der Waals surface area contributed by atoms with E-state index < -0.39 is 5.60 Å². The number of rotatable bonds is 4. The molecular formula is C18H25ClN2O3S. The van der Waals surface area contributed by atoms with E-state index in [1.807, 2.05) is 45.0 Å². The zero-order valence-electron chi connectivity index (χ0n) is 14.9. The van der Waals surface area contributed by atoms with Gasteiger partial charge in [0, 0.05) is 29.8 Å². The molecule has 138 valence electrons. The van der Waals surface area contributed by atoms with Crippen LogP contribution in [0.3, 0.4) is 0 Å². The van der Waals surface area contributed by atoms with Gasteiger partial charge in [-0.1, -0.05) is 23.7 Å². The summed E-state index contributed by atoms with van der Waals surface area (Å²) >= 11 is 7.23. The van der Waals surface area contributed by atoms with Crippen molar-refractivity contribution in [3.05, 3.63) is 34.9 Å². The zero-order chi connectivity index (χ0) is 18.4. The number of nitrogens with one attached hydrogen (secondary N) is 1. The Morgan fingerprint density at radius 3 is 2.40 bits per heavy atom. The number of likely N-dealkylation sites (tertiary alicyclic amines) is 1.